The summed E-state index contributed by atoms with van der Waals surface area (Å²) in [5.74, 6) is 1.98. The monoisotopic (exact) mass is 399 g/mol. The highest BCUT2D eigenvalue weighted by atomic mass is 16.5. The van der Waals surface area contributed by atoms with Gasteiger partial charge in [-0.15, -0.1) is 0 Å². The fourth-order valence-corrected chi connectivity index (χ4v) is 3.51. The maximum absolute atomic E-state index is 11.5. The maximum atomic E-state index is 11.5. The van der Waals surface area contributed by atoms with Gasteiger partial charge >= 0.3 is 5.97 Å². The first-order valence-corrected chi connectivity index (χ1v) is 9.96. The standard InChI is InChI=1S/C22H29N3O4/c1-4-29-20-13-16(5-7-19(20)27-2)15-25-11-9-18(10-12-25)24-21-8-6-17(14-23-21)22(26)28-3/h5-8,13-14,18H,4,9-12,15H2,1-3H3,(H,23,24). The molecule has 0 spiro atoms. The van der Waals surface area contributed by atoms with Crippen LogP contribution in [0.4, 0.5) is 5.82 Å². The number of methoxy groups -OCH3 is 2. The number of benzene rings is 1. The van der Waals surface area contributed by atoms with Gasteiger partial charge in [0, 0.05) is 31.9 Å². The van der Waals surface area contributed by atoms with E-state index in [2.05, 4.69) is 27.3 Å². The van der Waals surface area contributed by atoms with Crippen LogP contribution in [0, 0.1) is 0 Å². The lowest BCUT2D eigenvalue weighted by molar-refractivity contribution is 0.0600. The molecule has 0 bridgehead atoms. The van der Waals surface area contributed by atoms with Gasteiger partial charge in [0.05, 0.1) is 26.4 Å². The van der Waals surface area contributed by atoms with Gasteiger partial charge in [-0.3, -0.25) is 4.90 Å². The molecule has 1 aliphatic rings. The molecule has 0 atom stereocenters. The second kappa shape index (κ2) is 10.1. The number of likely N-dealkylation sites (tertiary alicyclic amines) is 1. The number of ether oxygens (including phenoxy) is 3. The highest BCUT2D eigenvalue weighted by Crippen LogP contribution is 2.29. The summed E-state index contributed by atoms with van der Waals surface area (Å²) in [5, 5.41) is 3.46. The Bertz CT molecular complexity index is 802. The van der Waals surface area contributed by atoms with Crippen LogP contribution in [0.25, 0.3) is 0 Å². The molecule has 0 amide bonds. The van der Waals surface area contributed by atoms with Crippen molar-refractivity contribution in [1.29, 1.82) is 0 Å². The lowest BCUT2D eigenvalue weighted by atomic mass is 10.0. The number of hydrogen-bond acceptors (Lipinski definition) is 7. The molecule has 156 valence electrons. The number of hydrogen-bond donors (Lipinski definition) is 1. The predicted molar refractivity (Wildman–Crippen MR) is 112 cm³/mol. The van der Waals surface area contributed by atoms with Gasteiger partial charge < -0.3 is 19.5 Å². The Morgan fingerprint density at radius 3 is 2.59 bits per heavy atom. The number of carbonyl (C=O) groups excluding carboxylic acids is 1. The molecule has 29 heavy (non-hydrogen) atoms. The largest absolute Gasteiger partial charge is 0.493 e. The molecule has 7 nitrogen and oxygen atoms in total. The smallest absolute Gasteiger partial charge is 0.339 e. The fraction of sp³-hybridized carbons (Fsp3) is 0.455. The summed E-state index contributed by atoms with van der Waals surface area (Å²) < 4.78 is 15.7. The first-order chi connectivity index (χ1) is 14.1. The zero-order valence-electron chi connectivity index (χ0n) is 17.3. The fourth-order valence-electron chi connectivity index (χ4n) is 3.51. The van der Waals surface area contributed by atoms with Gasteiger partial charge in [-0.2, -0.15) is 0 Å². The molecule has 1 aromatic heterocycles. The van der Waals surface area contributed by atoms with Crippen LogP contribution in [0.1, 0.15) is 35.7 Å². The Hall–Kier alpha value is -2.80. The molecule has 0 radical (unpaired) electrons. The van der Waals surface area contributed by atoms with E-state index in [-0.39, 0.29) is 5.97 Å². The first-order valence-electron chi connectivity index (χ1n) is 9.96. The summed E-state index contributed by atoms with van der Waals surface area (Å²) in [6, 6.07) is 10.1. The van der Waals surface area contributed by atoms with E-state index in [1.54, 1.807) is 19.4 Å². The van der Waals surface area contributed by atoms with E-state index < -0.39 is 0 Å². The van der Waals surface area contributed by atoms with Crippen molar-refractivity contribution >= 4 is 11.8 Å². The van der Waals surface area contributed by atoms with Crippen molar-refractivity contribution in [3.63, 3.8) is 0 Å². The average molecular weight is 399 g/mol. The highest BCUT2D eigenvalue weighted by Gasteiger charge is 2.20. The molecule has 2 aromatic rings. The number of pyridine rings is 1. The van der Waals surface area contributed by atoms with Crippen molar-refractivity contribution in [2.75, 3.05) is 39.2 Å². The molecule has 1 aliphatic heterocycles. The van der Waals surface area contributed by atoms with E-state index in [0.29, 0.717) is 18.2 Å². The summed E-state index contributed by atoms with van der Waals surface area (Å²) in [5.41, 5.74) is 1.68. The zero-order chi connectivity index (χ0) is 20.6. The van der Waals surface area contributed by atoms with Crippen molar-refractivity contribution < 1.29 is 19.0 Å². The summed E-state index contributed by atoms with van der Waals surface area (Å²) in [7, 11) is 3.03. The normalized spacial score (nSPS) is 15.0. The van der Waals surface area contributed by atoms with Crippen LogP contribution in [0.2, 0.25) is 0 Å². The van der Waals surface area contributed by atoms with Crippen LogP contribution in [0.5, 0.6) is 11.5 Å². The third kappa shape index (κ3) is 5.60. The summed E-state index contributed by atoms with van der Waals surface area (Å²) in [4.78, 5) is 18.3. The average Bonchev–Trinajstić information content (AvgIpc) is 2.75. The Morgan fingerprint density at radius 2 is 1.97 bits per heavy atom. The molecule has 1 N–H and O–H groups in total. The minimum atomic E-state index is -0.372. The van der Waals surface area contributed by atoms with Crippen molar-refractivity contribution in [2.45, 2.75) is 32.4 Å². The van der Waals surface area contributed by atoms with Crippen LogP contribution < -0.4 is 14.8 Å². The molecule has 2 heterocycles. The SMILES string of the molecule is CCOc1cc(CN2CCC(Nc3ccc(C(=O)OC)cn3)CC2)ccc1OC. The number of nitrogens with zero attached hydrogens (tertiary/aromatic N) is 2. The van der Waals surface area contributed by atoms with E-state index in [1.165, 1.54) is 12.7 Å². The zero-order valence-corrected chi connectivity index (χ0v) is 17.3. The summed E-state index contributed by atoms with van der Waals surface area (Å²) >= 11 is 0. The summed E-state index contributed by atoms with van der Waals surface area (Å²) in [6.45, 7) is 5.50. The quantitative estimate of drug-likeness (QED) is 0.683. The number of piperidine rings is 1. The van der Waals surface area contributed by atoms with Crippen LogP contribution in [0.3, 0.4) is 0 Å². The lowest BCUT2D eigenvalue weighted by Crippen LogP contribution is -2.38. The summed E-state index contributed by atoms with van der Waals surface area (Å²) in [6.07, 6.45) is 3.62. The van der Waals surface area contributed by atoms with Gasteiger partial charge in [-0.25, -0.2) is 9.78 Å². The van der Waals surface area contributed by atoms with Gasteiger partial charge in [0.25, 0.3) is 0 Å². The van der Waals surface area contributed by atoms with E-state index in [4.69, 9.17) is 14.2 Å². The molecular weight excluding hydrogens is 370 g/mol. The number of esters is 1. The van der Waals surface area contributed by atoms with Crippen molar-refractivity contribution in [1.82, 2.24) is 9.88 Å². The minimum Gasteiger partial charge on any atom is -0.493 e. The second-order valence-corrected chi connectivity index (χ2v) is 7.04. The molecule has 7 heteroatoms. The van der Waals surface area contributed by atoms with Crippen LogP contribution in [0.15, 0.2) is 36.5 Å². The number of nitrogens with one attached hydrogen (secondary N) is 1. The van der Waals surface area contributed by atoms with E-state index in [0.717, 1.165) is 49.8 Å². The number of anilines is 1. The molecule has 0 saturated carbocycles. The number of carbonyl (C=O) groups is 1. The molecule has 1 saturated heterocycles. The van der Waals surface area contributed by atoms with Crippen LogP contribution in [-0.4, -0.2) is 55.8 Å². The van der Waals surface area contributed by atoms with E-state index in [1.807, 2.05) is 19.1 Å². The molecule has 0 aliphatic carbocycles. The predicted octanol–water partition coefficient (Wildman–Crippen LogP) is 3.35. The number of aromatic nitrogens is 1. The Labute approximate surface area is 172 Å². The minimum absolute atomic E-state index is 0.372. The molecule has 0 unspecified atom stereocenters. The topological polar surface area (TPSA) is 72.9 Å². The van der Waals surface area contributed by atoms with Crippen molar-refractivity contribution in [3.05, 3.63) is 47.7 Å². The Kier molecular flexibility index (Phi) is 7.30. The molecule has 3 rings (SSSR count). The molecular formula is C22H29N3O4. The molecule has 1 aromatic carbocycles. The van der Waals surface area contributed by atoms with Crippen LogP contribution >= 0.6 is 0 Å². The Balaban J connectivity index is 1.50. The van der Waals surface area contributed by atoms with E-state index >= 15 is 0 Å². The van der Waals surface area contributed by atoms with Gasteiger partial charge in [0.1, 0.15) is 5.82 Å². The van der Waals surface area contributed by atoms with Gasteiger partial charge in [-0.05, 0) is 49.6 Å². The lowest BCUT2D eigenvalue weighted by Gasteiger charge is -2.32. The van der Waals surface area contributed by atoms with E-state index in [9.17, 15) is 4.79 Å². The van der Waals surface area contributed by atoms with Crippen LogP contribution in [-0.2, 0) is 11.3 Å². The number of rotatable bonds is 8. The second-order valence-electron chi connectivity index (χ2n) is 7.04. The van der Waals surface area contributed by atoms with Gasteiger partial charge in [0.15, 0.2) is 11.5 Å². The highest BCUT2D eigenvalue weighted by molar-refractivity contribution is 5.89. The Morgan fingerprint density at radius 1 is 1.17 bits per heavy atom. The van der Waals surface area contributed by atoms with Gasteiger partial charge in [-0.1, -0.05) is 6.07 Å². The van der Waals surface area contributed by atoms with Gasteiger partial charge in [0.2, 0.25) is 0 Å². The maximum Gasteiger partial charge on any atom is 0.339 e. The third-order valence-corrected chi connectivity index (χ3v) is 5.06. The third-order valence-electron chi connectivity index (χ3n) is 5.06. The van der Waals surface area contributed by atoms with Crippen molar-refractivity contribution in [2.24, 2.45) is 0 Å². The first kappa shape index (κ1) is 20.9. The van der Waals surface area contributed by atoms with Crippen molar-refractivity contribution in [3.8, 4) is 11.5 Å². The molecule has 1 fully saturated rings.